The highest BCUT2D eigenvalue weighted by Crippen LogP contribution is 2.41. The third-order valence-electron chi connectivity index (χ3n) is 22.5. The number of ketones is 2. The predicted octanol–water partition coefficient (Wildman–Crippen LogP) is 24.2. The summed E-state index contributed by atoms with van der Waals surface area (Å²) in [5.41, 5.74) is 24.6. The zero-order chi connectivity index (χ0) is 93.9. The lowest BCUT2D eigenvalue weighted by Gasteiger charge is -2.11. The molecule has 0 fully saturated rings. The van der Waals surface area contributed by atoms with Gasteiger partial charge in [-0.25, -0.2) is 49.8 Å². The Morgan fingerprint density at radius 1 is 0.225 bits per heavy atom. The first-order chi connectivity index (χ1) is 68.0. The van der Waals surface area contributed by atoms with Gasteiger partial charge in [-0.1, -0.05) is 279 Å². The number of para-hydroxylation sites is 4. The molecule has 0 aliphatic rings. The molecule has 0 atom stereocenters. The molecular weight excluding hydrogens is 1720 g/mol. The summed E-state index contributed by atoms with van der Waals surface area (Å²) in [5, 5.41) is 57.9. The number of fused-ring (bicyclic) bond motifs is 5. The molecule has 23 aromatic rings. The lowest BCUT2D eigenvalue weighted by atomic mass is 10.0. The van der Waals surface area contributed by atoms with Crippen LogP contribution in [0.25, 0.3) is 145 Å². The average Bonchev–Trinajstić information content (AvgIpc) is 1.35. The zero-order valence-corrected chi connectivity index (χ0v) is 74.7. The van der Waals surface area contributed by atoms with Crippen LogP contribution in [0, 0.1) is 0 Å². The largest absolute Gasteiger partial charge is 0.495 e. The molecule has 0 amide bonds. The number of nitrogens with zero attached hydrogens (tertiary/aromatic N) is 15. The third kappa shape index (κ3) is 19.9. The number of hydrogen-bond donors (Lipinski definition) is 10. The van der Waals surface area contributed by atoms with Gasteiger partial charge in [0, 0.05) is 56.0 Å². The van der Waals surface area contributed by atoms with Crippen molar-refractivity contribution in [3.8, 4) is 101 Å². The van der Waals surface area contributed by atoms with Crippen LogP contribution in [0.4, 0.5) is 57.5 Å². The first-order valence-corrected chi connectivity index (χ1v) is 43.9. The van der Waals surface area contributed by atoms with Crippen LogP contribution in [0.15, 0.2) is 383 Å². The van der Waals surface area contributed by atoms with E-state index in [0.29, 0.717) is 62.6 Å². The van der Waals surface area contributed by atoms with Crippen molar-refractivity contribution in [1.82, 2.24) is 101 Å². The van der Waals surface area contributed by atoms with Crippen molar-refractivity contribution in [3.63, 3.8) is 0 Å². The summed E-state index contributed by atoms with van der Waals surface area (Å²) in [6.07, 6.45) is 7.49. The number of methoxy groups -OCH3 is 2. The fourth-order valence-electron chi connectivity index (χ4n) is 15.8. The van der Waals surface area contributed by atoms with Crippen molar-refractivity contribution in [1.29, 1.82) is 0 Å². The maximum atomic E-state index is 11.8. The Morgan fingerprint density at radius 2 is 0.471 bits per heavy atom. The maximum absolute atomic E-state index is 11.8. The summed E-state index contributed by atoms with van der Waals surface area (Å²) < 4.78 is 10.8. The second kappa shape index (κ2) is 41.3. The number of Topliss-reactive ketones (excluding diaryl/α,β-unsaturated/α-hetero) is 2. The minimum atomic E-state index is 0.00397. The number of H-pyrrole nitrogens is 5. The quantitative estimate of drug-likeness (QED) is 0.0282. The first kappa shape index (κ1) is 87.9. The number of benzene rings is 13. The molecule has 0 radical (unpaired) electrons. The van der Waals surface area contributed by atoms with E-state index in [9.17, 15) is 9.59 Å². The van der Waals surface area contributed by atoms with Crippen LogP contribution in [0.5, 0.6) is 11.5 Å². The molecule has 138 heavy (non-hydrogen) atoms. The molecule has 0 saturated carbocycles. The molecule has 10 aromatic heterocycles. The van der Waals surface area contributed by atoms with Gasteiger partial charge in [0.15, 0.2) is 39.8 Å². The first-order valence-electron chi connectivity index (χ1n) is 43.9. The molecule has 13 aromatic carbocycles. The fraction of sp³-hybridized carbons (Fsp3) is 0.0367. The van der Waals surface area contributed by atoms with E-state index in [1.54, 1.807) is 40.2 Å². The van der Waals surface area contributed by atoms with E-state index < -0.39 is 0 Å². The Balaban J connectivity index is 0.000000110. The number of carbonyl (C=O) groups is 2. The number of carbonyl (C=O) groups excluding carboxylic acids is 2. The molecule has 29 heteroatoms. The van der Waals surface area contributed by atoms with Crippen molar-refractivity contribution < 1.29 is 19.1 Å². The van der Waals surface area contributed by atoms with Crippen LogP contribution < -0.4 is 36.1 Å². The van der Waals surface area contributed by atoms with Gasteiger partial charge in [-0.3, -0.25) is 35.1 Å². The van der Waals surface area contributed by atoms with E-state index in [4.69, 9.17) is 9.47 Å². The number of rotatable bonds is 22. The van der Waals surface area contributed by atoms with Crippen molar-refractivity contribution in [2.45, 2.75) is 13.8 Å². The Morgan fingerprint density at radius 3 is 0.783 bits per heavy atom. The van der Waals surface area contributed by atoms with E-state index >= 15 is 0 Å². The third-order valence-corrected chi connectivity index (χ3v) is 22.5. The van der Waals surface area contributed by atoms with E-state index in [-0.39, 0.29) is 11.6 Å². The Labute approximate surface area is 790 Å². The average molecular weight is 1810 g/mol. The normalized spacial score (nSPS) is 10.8. The minimum Gasteiger partial charge on any atom is -0.495 e. The van der Waals surface area contributed by atoms with Crippen LogP contribution in [0.3, 0.4) is 0 Å². The lowest BCUT2D eigenvalue weighted by Crippen LogP contribution is -1.98. The van der Waals surface area contributed by atoms with Gasteiger partial charge in [-0.05, 0) is 120 Å². The molecule has 0 aliphatic heterocycles. The molecule has 0 bridgehead atoms. The summed E-state index contributed by atoms with van der Waals surface area (Å²) in [6, 6.07) is 116. The van der Waals surface area contributed by atoms with Gasteiger partial charge < -0.3 is 36.1 Å². The Bertz CT molecular complexity index is 8170. The molecule has 10 N–H and O–H groups in total. The van der Waals surface area contributed by atoms with Crippen LogP contribution in [0.1, 0.15) is 34.6 Å². The maximum Gasteiger partial charge on any atom is 0.186 e. The molecular formula is C109H85N25O4. The van der Waals surface area contributed by atoms with Gasteiger partial charge in [0.05, 0.1) is 81.0 Å². The Kier molecular flexibility index (Phi) is 26.3. The molecule has 670 valence electrons. The van der Waals surface area contributed by atoms with Gasteiger partial charge >= 0.3 is 0 Å². The van der Waals surface area contributed by atoms with E-state index in [1.165, 1.54) is 48.3 Å². The zero-order valence-electron chi connectivity index (χ0n) is 74.7. The number of nitrogens with one attached hydrogen (secondary N) is 10. The molecule has 0 spiro atoms. The van der Waals surface area contributed by atoms with Crippen molar-refractivity contribution in [3.05, 3.63) is 395 Å². The summed E-state index contributed by atoms with van der Waals surface area (Å²) in [6.45, 7) is 3.10. The number of aromatic nitrogens is 20. The van der Waals surface area contributed by atoms with Gasteiger partial charge in [0.25, 0.3) is 0 Å². The van der Waals surface area contributed by atoms with E-state index in [1.807, 2.05) is 255 Å². The summed E-state index contributed by atoms with van der Waals surface area (Å²) in [7, 11) is 3.26. The van der Waals surface area contributed by atoms with Gasteiger partial charge in [0.1, 0.15) is 72.2 Å². The molecule has 10 heterocycles. The van der Waals surface area contributed by atoms with Gasteiger partial charge in [0.2, 0.25) is 0 Å². The highest BCUT2D eigenvalue weighted by atomic mass is 16.5. The molecule has 0 unspecified atom stereocenters. The highest BCUT2D eigenvalue weighted by molar-refractivity contribution is 6.06. The second-order valence-electron chi connectivity index (χ2n) is 31.3. The minimum absolute atomic E-state index is 0.00397. The van der Waals surface area contributed by atoms with Crippen molar-refractivity contribution >= 4 is 124 Å². The van der Waals surface area contributed by atoms with Crippen LogP contribution in [-0.2, 0) is 0 Å². The SMILES string of the molecule is CC(=O)c1cccc(-c2[nH]nc3ncnc(Nc4cccc(-c5ccccc5)c4)c23)c1.COc1ccccc1Nc1ncnc2n[nH]c(-c3cccc(C(C)=O)c3)c12.COc1ccccc1Nc1ncnc2n[nH]c(-c3ccccc3)c12.c1ccc(-c2ccc(Nc3ncnc4n[nH]c(-c5ccccc5)c34)cc2)cc1.c1ccc(-c2cccc(Nc3ncnc4n[nH]c(-c5ccccc5)c34)c2)cc1. The number of aromatic amines is 5. The van der Waals surface area contributed by atoms with Crippen LogP contribution >= 0.6 is 0 Å². The second-order valence-corrected chi connectivity index (χ2v) is 31.3. The fourth-order valence-corrected chi connectivity index (χ4v) is 15.8. The van der Waals surface area contributed by atoms with Crippen LogP contribution in [0.2, 0.25) is 0 Å². The molecule has 0 saturated heterocycles. The molecule has 0 aliphatic carbocycles. The summed E-state index contributed by atoms with van der Waals surface area (Å²) in [4.78, 5) is 67.1. The van der Waals surface area contributed by atoms with E-state index in [0.717, 1.165) is 146 Å². The predicted molar refractivity (Wildman–Crippen MR) is 544 cm³/mol. The van der Waals surface area contributed by atoms with Gasteiger partial charge in [-0.15, -0.1) is 0 Å². The number of anilines is 10. The van der Waals surface area contributed by atoms with Gasteiger partial charge in [-0.2, -0.15) is 25.5 Å². The number of ether oxygens (including phenoxy) is 2. The highest BCUT2D eigenvalue weighted by Gasteiger charge is 2.23. The monoisotopic (exact) mass is 1810 g/mol. The smallest absolute Gasteiger partial charge is 0.186 e. The standard InChI is InChI=1S/C25H19N5O.2C23H17N5.C20H17N5O2.C18H15N5O/c1-16(31)18-9-5-11-20(13-18)23-22-24(26-15-27-25(22)30-29-23)28-21-12-6-10-19(14-21)17-7-3-2-4-8-17;1-3-8-16(9-4-1)18-12-7-13-19(14-18)26-22-20-21(17-10-5-2-6-11-17)27-28-23(20)25-15-24-22;1-3-7-16(8-4-1)17-11-13-19(14-12-17)26-22-20-21(18-9-5-2-6-10-18)27-28-23(20)25-15-24-22;1-12(26)13-6-5-7-14(10-13)18-17-19(21-11-22-20(17)25-24-18)23-15-8-3-4-9-16(15)27-2;1-24-14-10-6-5-9-13(14)21-17-15-16(12-7-3-2-4-8-12)22-23-18(15)20-11-19-17/h2-15H,1H3,(H2,26,27,28,29,30);2*1-15H,(H2,24,25,26,27,28);3-11H,1-2H3,(H2,21,22,23,24,25);2-11H,1H3,(H2,19,20,21,22,23). The summed E-state index contributed by atoms with van der Waals surface area (Å²) in [5.74, 6) is 4.84. The Hall–Kier alpha value is -19.5. The summed E-state index contributed by atoms with van der Waals surface area (Å²) >= 11 is 0. The van der Waals surface area contributed by atoms with Crippen molar-refractivity contribution in [2.24, 2.45) is 0 Å². The van der Waals surface area contributed by atoms with Crippen LogP contribution in [-0.4, -0.2) is 127 Å². The molecule has 23 rings (SSSR count). The molecule has 29 nitrogen and oxygen atoms in total. The van der Waals surface area contributed by atoms with Crippen molar-refractivity contribution in [2.75, 3.05) is 40.8 Å². The number of hydrogen-bond acceptors (Lipinski definition) is 24. The lowest BCUT2D eigenvalue weighted by molar-refractivity contribution is 0.100. The topological polar surface area (TPSA) is 385 Å². The van der Waals surface area contributed by atoms with E-state index in [2.05, 4.69) is 212 Å².